The Labute approximate surface area is 198 Å². The quantitative estimate of drug-likeness (QED) is 0.515. The van der Waals surface area contributed by atoms with Crippen molar-refractivity contribution in [1.82, 2.24) is 9.78 Å². The molecule has 3 N–H and O–H groups in total. The van der Waals surface area contributed by atoms with E-state index in [1.807, 2.05) is 20.8 Å². The summed E-state index contributed by atoms with van der Waals surface area (Å²) in [7, 11) is -2.47. The van der Waals surface area contributed by atoms with Crippen LogP contribution in [0.25, 0.3) is 5.69 Å². The van der Waals surface area contributed by atoms with Gasteiger partial charge in [-0.2, -0.15) is 5.10 Å². The van der Waals surface area contributed by atoms with Crippen LogP contribution in [0.5, 0.6) is 0 Å². The third-order valence-electron chi connectivity index (χ3n) is 4.83. The summed E-state index contributed by atoms with van der Waals surface area (Å²) in [6.45, 7) is 6.01. The van der Waals surface area contributed by atoms with Gasteiger partial charge in [-0.1, -0.05) is 50.6 Å². The number of amides is 1. The number of nitrogens with two attached hydrogens (primary N) is 1. The van der Waals surface area contributed by atoms with Gasteiger partial charge in [0.15, 0.2) is 0 Å². The third kappa shape index (κ3) is 5.87. The van der Waals surface area contributed by atoms with Crippen molar-refractivity contribution in [2.45, 2.75) is 37.5 Å². The standard InChI is InChI=1S/C23H26ClN5O3S/c1-23(2,3)22-16(13-26-4)14-29(28-22)19-10-9-17(12-20(19)33(25,31)32)27-21(30)11-15-7-5-6-8-18(15)24/h5-10,12-14H,11H2,1-4H3,(H,27,30)(H2,25,31,32)/b26-13-. The van der Waals surface area contributed by atoms with Crippen LogP contribution >= 0.6 is 11.6 Å². The van der Waals surface area contributed by atoms with E-state index < -0.39 is 10.0 Å². The molecule has 1 amide bonds. The molecule has 174 valence electrons. The number of nitrogens with one attached hydrogen (secondary N) is 1. The van der Waals surface area contributed by atoms with E-state index in [-0.39, 0.29) is 28.3 Å². The molecule has 0 spiro atoms. The van der Waals surface area contributed by atoms with Gasteiger partial charge in [0.1, 0.15) is 4.90 Å². The number of aromatic nitrogens is 2. The lowest BCUT2D eigenvalue weighted by atomic mass is 9.90. The van der Waals surface area contributed by atoms with Crippen LogP contribution in [0.3, 0.4) is 0 Å². The normalized spacial score (nSPS) is 12.3. The molecule has 0 unspecified atom stereocenters. The predicted octanol–water partition coefficient (Wildman–Crippen LogP) is 3.70. The molecule has 0 saturated heterocycles. The van der Waals surface area contributed by atoms with E-state index in [1.165, 1.54) is 10.7 Å². The highest BCUT2D eigenvalue weighted by Gasteiger charge is 2.24. The highest BCUT2D eigenvalue weighted by Crippen LogP contribution is 2.28. The second-order valence-corrected chi connectivity index (χ2v) is 10.5. The van der Waals surface area contributed by atoms with Crippen LogP contribution < -0.4 is 10.5 Å². The summed E-state index contributed by atoms with van der Waals surface area (Å²) in [5.74, 6) is -0.341. The van der Waals surface area contributed by atoms with Gasteiger partial charge < -0.3 is 5.32 Å². The van der Waals surface area contributed by atoms with Crippen molar-refractivity contribution in [2.24, 2.45) is 10.1 Å². The summed E-state index contributed by atoms with van der Waals surface area (Å²) in [5, 5.41) is 13.3. The van der Waals surface area contributed by atoms with Crippen molar-refractivity contribution in [3.63, 3.8) is 0 Å². The number of anilines is 1. The van der Waals surface area contributed by atoms with E-state index in [1.54, 1.807) is 55.9 Å². The zero-order valence-electron chi connectivity index (χ0n) is 18.8. The predicted molar refractivity (Wildman–Crippen MR) is 131 cm³/mol. The molecule has 0 aliphatic heterocycles. The SMILES string of the molecule is C/N=C\c1cn(-c2ccc(NC(=O)Cc3ccccc3Cl)cc2S(N)(=O)=O)nc1C(C)(C)C. The first-order chi connectivity index (χ1) is 15.4. The molecule has 2 aromatic carbocycles. The van der Waals surface area contributed by atoms with Gasteiger partial charge in [0.2, 0.25) is 15.9 Å². The fourth-order valence-corrected chi connectivity index (χ4v) is 4.30. The Hall–Kier alpha value is -3.01. The van der Waals surface area contributed by atoms with Crippen molar-refractivity contribution in [1.29, 1.82) is 0 Å². The Morgan fingerprint density at radius 2 is 1.94 bits per heavy atom. The number of rotatable bonds is 6. The van der Waals surface area contributed by atoms with Crippen LogP contribution in [0, 0.1) is 0 Å². The summed E-state index contributed by atoms with van der Waals surface area (Å²) in [4.78, 5) is 16.4. The molecule has 3 rings (SSSR count). The molecule has 0 aliphatic carbocycles. The number of nitrogens with zero attached hydrogens (tertiary/aromatic N) is 3. The van der Waals surface area contributed by atoms with Crippen molar-refractivity contribution in [2.75, 3.05) is 12.4 Å². The van der Waals surface area contributed by atoms with Gasteiger partial charge in [-0.15, -0.1) is 0 Å². The van der Waals surface area contributed by atoms with Gasteiger partial charge in [-0.05, 0) is 29.8 Å². The van der Waals surface area contributed by atoms with Crippen molar-refractivity contribution in [3.8, 4) is 5.69 Å². The minimum absolute atomic E-state index is 0.0416. The Morgan fingerprint density at radius 1 is 1.24 bits per heavy atom. The zero-order valence-corrected chi connectivity index (χ0v) is 20.4. The monoisotopic (exact) mass is 487 g/mol. The molecule has 1 aromatic heterocycles. The first kappa shape index (κ1) is 24.6. The molecular weight excluding hydrogens is 462 g/mol. The number of hydrogen-bond donors (Lipinski definition) is 2. The third-order valence-corrected chi connectivity index (χ3v) is 6.14. The molecule has 0 aliphatic rings. The highest BCUT2D eigenvalue weighted by molar-refractivity contribution is 7.89. The first-order valence-electron chi connectivity index (χ1n) is 10.1. The molecule has 8 nitrogen and oxygen atoms in total. The molecular formula is C23H26ClN5O3S. The Bertz CT molecular complexity index is 1320. The Balaban J connectivity index is 1.99. The molecule has 3 aromatic rings. The molecule has 0 atom stereocenters. The number of sulfonamides is 1. The topological polar surface area (TPSA) is 119 Å². The smallest absolute Gasteiger partial charge is 0.240 e. The van der Waals surface area contributed by atoms with E-state index in [0.29, 0.717) is 16.3 Å². The maximum atomic E-state index is 12.5. The molecule has 1 heterocycles. The summed E-state index contributed by atoms with van der Waals surface area (Å²) < 4.78 is 26.3. The average Bonchev–Trinajstić information content (AvgIpc) is 3.14. The lowest BCUT2D eigenvalue weighted by Crippen LogP contribution is -2.19. The van der Waals surface area contributed by atoms with Crippen LogP contribution in [0.4, 0.5) is 5.69 Å². The zero-order chi connectivity index (χ0) is 24.4. The van der Waals surface area contributed by atoms with E-state index in [0.717, 1.165) is 11.3 Å². The number of benzene rings is 2. The van der Waals surface area contributed by atoms with Crippen LogP contribution in [0.1, 0.15) is 37.6 Å². The second kappa shape index (κ2) is 9.46. The van der Waals surface area contributed by atoms with Gasteiger partial charge in [-0.25, -0.2) is 18.2 Å². The largest absolute Gasteiger partial charge is 0.326 e. The number of halogens is 1. The molecule has 10 heteroatoms. The first-order valence-corrected chi connectivity index (χ1v) is 12.1. The Kier molecular flexibility index (Phi) is 7.06. The molecule has 0 fully saturated rings. The van der Waals surface area contributed by atoms with Crippen LogP contribution in [0.2, 0.25) is 5.02 Å². The van der Waals surface area contributed by atoms with Crippen LogP contribution in [-0.4, -0.2) is 37.4 Å². The summed E-state index contributed by atoms with van der Waals surface area (Å²) in [6, 6.07) is 11.5. The van der Waals surface area contributed by atoms with Crippen molar-refractivity contribution in [3.05, 3.63) is 70.5 Å². The molecule has 33 heavy (non-hydrogen) atoms. The van der Waals surface area contributed by atoms with Gasteiger partial charge in [0, 0.05) is 41.1 Å². The average molecular weight is 488 g/mol. The van der Waals surface area contributed by atoms with Gasteiger partial charge in [-0.3, -0.25) is 9.79 Å². The molecule has 0 bridgehead atoms. The van der Waals surface area contributed by atoms with E-state index >= 15 is 0 Å². The number of carbonyl (C=O) groups excluding carboxylic acids is 1. The second-order valence-electron chi connectivity index (χ2n) is 8.56. The number of primary sulfonamides is 1. The molecule has 0 saturated carbocycles. The number of hydrogen-bond acceptors (Lipinski definition) is 5. The van der Waals surface area contributed by atoms with Gasteiger partial charge >= 0.3 is 0 Å². The van der Waals surface area contributed by atoms with E-state index in [4.69, 9.17) is 16.7 Å². The fraction of sp³-hybridized carbons (Fsp3) is 0.261. The highest BCUT2D eigenvalue weighted by atomic mass is 35.5. The lowest BCUT2D eigenvalue weighted by Gasteiger charge is -2.16. The summed E-state index contributed by atoms with van der Waals surface area (Å²) in [5.41, 5.74) is 2.45. The lowest BCUT2D eigenvalue weighted by molar-refractivity contribution is -0.115. The minimum Gasteiger partial charge on any atom is -0.326 e. The van der Waals surface area contributed by atoms with Gasteiger partial charge in [0.25, 0.3) is 0 Å². The number of aliphatic imine (C=N–C) groups is 1. The van der Waals surface area contributed by atoms with Crippen LogP contribution in [-0.2, 0) is 26.7 Å². The summed E-state index contributed by atoms with van der Waals surface area (Å²) >= 11 is 6.12. The van der Waals surface area contributed by atoms with Crippen LogP contribution in [0.15, 0.2) is 58.5 Å². The Morgan fingerprint density at radius 3 is 2.55 bits per heavy atom. The van der Waals surface area contributed by atoms with Crippen molar-refractivity contribution < 1.29 is 13.2 Å². The van der Waals surface area contributed by atoms with E-state index in [2.05, 4.69) is 15.4 Å². The van der Waals surface area contributed by atoms with E-state index in [9.17, 15) is 13.2 Å². The summed E-state index contributed by atoms with van der Waals surface area (Å²) in [6.07, 6.45) is 3.41. The molecule has 0 radical (unpaired) electrons. The fourth-order valence-electron chi connectivity index (χ4n) is 3.36. The maximum Gasteiger partial charge on any atom is 0.240 e. The van der Waals surface area contributed by atoms with Gasteiger partial charge in [0.05, 0.1) is 17.8 Å². The van der Waals surface area contributed by atoms with Crippen molar-refractivity contribution >= 4 is 39.4 Å². The number of carbonyl (C=O) groups is 1. The minimum atomic E-state index is -4.12. The maximum absolute atomic E-state index is 12.5.